The van der Waals surface area contributed by atoms with E-state index in [2.05, 4.69) is 34.2 Å². The maximum absolute atomic E-state index is 5.75. The first-order valence-corrected chi connectivity index (χ1v) is 7.80. The van der Waals surface area contributed by atoms with Crippen LogP contribution in [0.4, 0.5) is 11.4 Å². The zero-order valence-corrected chi connectivity index (χ0v) is 12.7. The van der Waals surface area contributed by atoms with Gasteiger partial charge < -0.3 is 11.1 Å². The number of rotatable bonds is 4. The molecule has 1 aliphatic carbocycles. The van der Waals surface area contributed by atoms with Gasteiger partial charge in [-0.15, -0.1) is 0 Å². The molecule has 1 aromatic rings. The van der Waals surface area contributed by atoms with Crippen LogP contribution in [-0.4, -0.2) is 6.04 Å². The molecule has 0 aliphatic heterocycles. The molecule has 18 heavy (non-hydrogen) atoms. The van der Waals surface area contributed by atoms with Crippen molar-refractivity contribution in [3.8, 4) is 0 Å². The summed E-state index contributed by atoms with van der Waals surface area (Å²) in [5, 5.41) is 3.64. The standard InChI is InChI=1S/C15H23BrN2/c1-2-3-11-4-7-13(8-5-11)18-15-9-6-12(17)10-14(15)16/h6,9-11,13,18H,2-5,7-8,17H2,1H3. The highest BCUT2D eigenvalue weighted by molar-refractivity contribution is 9.10. The second kappa shape index (κ2) is 6.46. The summed E-state index contributed by atoms with van der Waals surface area (Å²) in [6, 6.07) is 6.61. The lowest BCUT2D eigenvalue weighted by atomic mass is 9.83. The largest absolute Gasteiger partial charge is 0.399 e. The Kier molecular flexibility index (Phi) is 4.93. The number of halogens is 1. The van der Waals surface area contributed by atoms with E-state index in [9.17, 15) is 0 Å². The van der Waals surface area contributed by atoms with E-state index in [1.54, 1.807) is 0 Å². The van der Waals surface area contributed by atoms with E-state index >= 15 is 0 Å². The van der Waals surface area contributed by atoms with Crippen molar-refractivity contribution in [3.05, 3.63) is 22.7 Å². The first kappa shape index (κ1) is 13.7. The van der Waals surface area contributed by atoms with Crippen molar-refractivity contribution in [1.29, 1.82) is 0 Å². The normalized spacial score (nSPS) is 23.9. The first-order valence-electron chi connectivity index (χ1n) is 7.00. The van der Waals surface area contributed by atoms with E-state index in [0.29, 0.717) is 6.04 Å². The van der Waals surface area contributed by atoms with E-state index in [1.165, 1.54) is 44.2 Å². The Hall–Kier alpha value is -0.700. The van der Waals surface area contributed by atoms with Gasteiger partial charge in [0.25, 0.3) is 0 Å². The van der Waals surface area contributed by atoms with E-state index < -0.39 is 0 Å². The molecule has 0 aromatic heterocycles. The number of nitrogens with two attached hydrogens (primary N) is 1. The van der Waals surface area contributed by atoms with Crippen molar-refractivity contribution >= 4 is 27.3 Å². The van der Waals surface area contributed by atoms with Crippen LogP contribution < -0.4 is 11.1 Å². The third-order valence-electron chi connectivity index (χ3n) is 3.90. The lowest BCUT2D eigenvalue weighted by Gasteiger charge is -2.30. The molecule has 0 unspecified atom stereocenters. The van der Waals surface area contributed by atoms with Crippen LogP contribution in [0.2, 0.25) is 0 Å². The van der Waals surface area contributed by atoms with Crippen LogP contribution in [0.25, 0.3) is 0 Å². The highest BCUT2D eigenvalue weighted by atomic mass is 79.9. The third kappa shape index (κ3) is 3.64. The van der Waals surface area contributed by atoms with Gasteiger partial charge in [0.1, 0.15) is 0 Å². The summed E-state index contributed by atoms with van der Waals surface area (Å²) in [6.07, 6.45) is 8.06. The summed E-state index contributed by atoms with van der Waals surface area (Å²) in [4.78, 5) is 0. The summed E-state index contributed by atoms with van der Waals surface area (Å²) < 4.78 is 1.07. The van der Waals surface area contributed by atoms with E-state index in [1.807, 2.05) is 12.1 Å². The van der Waals surface area contributed by atoms with Crippen molar-refractivity contribution < 1.29 is 0 Å². The zero-order chi connectivity index (χ0) is 13.0. The fourth-order valence-corrected chi connectivity index (χ4v) is 3.38. The molecule has 0 amide bonds. The van der Waals surface area contributed by atoms with E-state index in [0.717, 1.165) is 16.1 Å². The summed E-state index contributed by atoms with van der Waals surface area (Å²) in [5.74, 6) is 0.961. The SMILES string of the molecule is CCCC1CCC(Nc2ccc(N)cc2Br)CC1. The van der Waals surface area contributed by atoms with Crippen molar-refractivity contribution in [2.75, 3.05) is 11.1 Å². The van der Waals surface area contributed by atoms with Gasteiger partial charge in [0.15, 0.2) is 0 Å². The highest BCUT2D eigenvalue weighted by Crippen LogP contribution is 2.32. The third-order valence-corrected chi connectivity index (χ3v) is 4.55. The van der Waals surface area contributed by atoms with Gasteiger partial charge in [-0.1, -0.05) is 19.8 Å². The fourth-order valence-electron chi connectivity index (χ4n) is 2.87. The lowest BCUT2D eigenvalue weighted by Crippen LogP contribution is -2.26. The summed E-state index contributed by atoms with van der Waals surface area (Å²) in [5.41, 5.74) is 7.73. The number of hydrogen-bond donors (Lipinski definition) is 2. The molecule has 100 valence electrons. The minimum atomic E-state index is 0.623. The van der Waals surface area contributed by atoms with Crippen LogP contribution in [0.5, 0.6) is 0 Å². The highest BCUT2D eigenvalue weighted by Gasteiger charge is 2.20. The maximum Gasteiger partial charge on any atom is 0.0488 e. The van der Waals surface area contributed by atoms with Gasteiger partial charge in [0.2, 0.25) is 0 Å². The van der Waals surface area contributed by atoms with Gasteiger partial charge >= 0.3 is 0 Å². The second-order valence-corrected chi connectivity index (χ2v) is 6.24. The molecule has 1 saturated carbocycles. The molecule has 2 nitrogen and oxygen atoms in total. The fraction of sp³-hybridized carbons (Fsp3) is 0.600. The van der Waals surface area contributed by atoms with Crippen LogP contribution in [0.1, 0.15) is 45.4 Å². The minimum absolute atomic E-state index is 0.623. The average Bonchev–Trinajstić information content (AvgIpc) is 2.35. The summed E-state index contributed by atoms with van der Waals surface area (Å²) >= 11 is 3.57. The molecule has 0 atom stereocenters. The molecule has 1 aliphatic rings. The van der Waals surface area contributed by atoms with Gasteiger partial charge in [-0.25, -0.2) is 0 Å². The van der Waals surface area contributed by atoms with Crippen molar-refractivity contribution in [1.82, 2.24) is 0 Å². The monoisotopic (exact) mass is 310 g/mol. The summed E-state index contributed by atoms with van der Waals surface area (Å²) in [6.45, 7) is 2.29. The Bertz CT molecular complexity index is 384. The van der Waals surface area contributed by atoms with Gasteiger partial charge in [-0.05, 0) is 65.7 Å². The molecule has 3 N–H and O–H groups in total. The van der Waals surface area contributed by atoms with Crippen molar-refractivity contribution in [2.24, 2.45) is 5.92 Å². The molecule has 0 heterocycles. The van der Waals surface area contributed by atoms with Gasteiger partial charge in [0.05, 0.1) is 0 Å². The molecular weight excluding hydrogens is 288 g/mol. The lowest BCUT2D eigenvalue weighted by molar-refractivity contribution is 0.319. The smallest absolute Gasteiger partial charge is 0.0488 e. The summed E-state index contributed by atoms with van der Waals surface area (Å²) in [7, 11) is 0. The number of anilines is 2. The van der Waals surface area contributed by atoms with Crippen molar-refractivity contribution in [3.63, 3.8) is 0 Å². The molecule has 0 saturated heterocycles. The van der Waals surface area contributed by atoms with Crippen molar-refractivity contribution in [2.45, 2.75) is 51.5 Å². The Morgan fingerprint density at radius 3 is 2.61 bits per heavy atom. The predicted octanol–water partition coefficient (Wildman–Crippen LogP) is 4.80. The van der Waals surface area contributed by atoms with Crippen LogP contribution in [0.15, 0.2) is 22.7 Å². The van der Waals surface area contributed by atoms with E-state index in [-0.39, 0.29) is 0 Å². The topological polar surface area (TPSA) is 38.0 Å². The Morgan fingerprint density at radius 1 is 1.28 bits per heavy atom. The molecule has 1 fully saturated rings. The van der Waals surface area contributed by atoms with Gasteiger partial charge in [-0.2, -0.15) is 0 Å². The van der Waals surface area contributed by atoms with Gasteiger partial charge in [0, 0.05) is 21.9 Å². The Morgan fingerprint density at radius 2 is 2.00 bits per heavy atom. The average molecular weight is 311 g/mol. The molecular formula is C15H23BrN2. The second-order valence-electron chi connectivity index (χ2n) is 5.39. The molecule has 3 heteroatoms. The number of nitrogen functional groups attached to an aromatic ring is 1. The Labute approximate surface area is 118 Å². The molecule has 1 aromatic carbocycles. The van der Waals surface area contributed by atoms with Crippen LogP contribution in [0, 0.1) is 5.92 Å². The number of hydrogen-bond acceptors (Lipinski definition) is 2. The Balaban J connectivity index is 1.87. The molecule has 0 spiro atoms. The predicted molar refractivity (Wildman–Crippen MR) is 82.8 cm³/mol. The zero-order valence-electron chi connectivity index (χ0n) is 11.1. The van der Waals surface area contributed by atoms with E-state index in [4.69, 9.17) is 5.73 Å². The first-order chi connectivity index (χ1) is 8.69. The van der Waals surface area contributed by atoms with Crippen LogP contribution in [-0.2, 0) is 0 Å². The quantitative estimate of drug-likeness (QED) is 0.784. The number of nitrogens with one attached hydrogen (secondary N) is 1. The van der Waals surface area contributed by atoms with Crippen LogP contribution in [0.3, 0.4) is 0 Å². The maximum atomic E-state index is 5.75. The van der Waals surface area contributed by atoms with Crippen LogP contribution >= 0.6 is 15.9 Å². The number of benzene rings is 1. The molecule has 0 bridgehead atoms. The van der Waals surface area contributed by atoms with Gasteiger partial charge in [-0.3, -0.25) is 0 Å². The minimum Gasteiger partial charge on any atom is -0.399 e. The molecule has 0 radical (unpaired) electrons. The molecule has 2 rings (SSSR count).